The molecule has 2 aromatic carbocycles. The molecular weight excluding hydrogens is 318 g/mol. The van der Waals surface area contributed by atoms with Crippen molar-refractivity contribution in [1.82, 2.24) is 9.55 Å². The molecule has 0 bridgehead atoms. The molecule has 0 radical (unpaired) electrons. The van der Waals surface area contributed by atoms with Gasteiger partial charge in [0.15, 0.2) is 11.0 Å². The molecule has 3 aromatic rings. The zero-order valence-corrected chi connectivity index (χ0v) is 14.3. The van der Waals surface area contributed by atoms with Gasteiger partial charge in [0.05, 0.1) is 0 Å². The molecular formula is C20H20ClN3. The van der Waals surface area contributed by atoms with Gasteiger partial charge in [-0.2, -0.15) is 0 Å². The summed E-state index contributed by atoms with van der Waals surface area (Å²) in [7, 11) is 0. The molecule has 1 aliphatic heterocycles. The summed E-state index contributed by atoms with van der Waals surface area (Å²) in [5.74, 6) is 1.91. The smallest absolute Gasteiger partial charge is 0.172 e. The third-order valence-corrected chi connectivity index (χ3v) is 4.77. The number of aromatic nitrogens is 2. The van der Waals surface area contributed by atoms with Crippen molar-refractivity contribution < 1.29 is 0 Å². The van der Waals surface area contributed by atoms with Crippen LogP contribution in [0.15, 0.2) is 60.7 Å². The zero-order chi connectivity index (χ0) is 16.4. The molecule has 122 valence electrons. The number of anilines is 1. The monoisotopic (exact) mass is 337 g/mol. The number of hydrogen-bond donors (Lipinski definition) is 0. The summed E-state index contributed by atoms with van der Waals surface area (Å²) in [6.45, 7) is 2.07. The molecule has 2 heterocycles. The van der Waals surface area contributed by atoms with E-state index in [9.17, 15) is 0 Å². The molecule has 0 spiro atoms. The third-order valence-electron chi connectivity index (χ3n) is 4.51. The van der Waals surface area contributed by atoms with Crippen LogP contribution < -0.4 is 4.90 Å². The molecule has 24 heavy (non-hydrogen) atoms. The van der Waals surface area contributed by atoms with Gasteiger partial charge in [-0.1, -0.05) is 60.1 Å². The Balaban J connectivity index is 1.92. The standard InChI is InChI=1S/C20H20ClN3/c21-18-20(23-14-8-3-9-15-23)24(17-12-6-2-7-13-17)19(22-18)16-10-4-1-5-11-16/h1-2,4-7,10-13H,3,8-9,14-15H2. The van der Waals surface area contributed by atoms with Crippen LogP contribution in [0.4, 0.5) is 5.82 Å². The molecule has 4 rings (SSSR count). The number of rotatable bonds is 3. The summed E-state index contributed by atoms with van der Waals surface area (Å²) < 4.78 is 2.20. The molecule has 1 fully saturated rings. The largest absolute Gasteiger partial charge is 0.355 e. The van der Waals surface area contributed by atoms with Gasteiger partial charge in [-0.3, -0.25) is 4.57 Å². The highest BCUT2D eigenvalue weighted by atomic mass is 35.5. The second-order valence-corrected chi connectivity index (χ2v) is 6.49. The number of para-hydroxylation sites is 1. The summed E-state index contributed by atoms with van der Waals surface area (Å²) in [6, 6.07) is 20.6. The van der Waals surface area contributed by atoms with Crippen LogP contribution in [-0.2, 0) is 0 Å². The van der Waals surface area contributed by atoms with Crippen LogP contribution in [-0.4, -0.2) is 22.6 Å². The molecule has 0 aliphatic carbocycles. The molecule has 1 aromatic heterocycles. The van der Waals surface area contributed by atoms with Gasteiger partial charge in [-0.25, -0.2) is 4.98 Å². The van der Waals surface area contributed by atoms with Crippen molar-refractivity contribution in [3.05, 3.63) is 65.8 Å². The Labute approximate surface area is 147 Å². The van der Waals surface area contributed by atoms with Crippen LogP contribution in [0.1, 0.15) is 19.3 Å². The van der Waals surface area contributed by atoms with E-state index in [4.69, 9.17) is 16.6 Å². The Bertz CT molecular complexity index is 806. The lowest BCUT2D eigenvalue weighted by molar-refractivity contribution is 0.571. The summed E-state index contributed by atoms with van der Waals surface area (Å²) in [6.07, 6.45) is 3.70. The van der Waals surface area contributed by atoms with Crippen LogP contribution in [0, 0.1) is 0 Å². The van der Waals surface area contributed by atoms with Crippen LogP contribution in [0.2, 0.25) is 5.15 Å². The molecule has 3 nitrogen and oxygen atoms in total. The first kappa shape index (κ1) is 15.3. The van der Waals surface area contributed by atoms with Crippen molar-refractivity contribution in [2.75, 3.05) is 18.0 Å². The Morgan fingerprint density at radius 2 is 1.42 bits per heavy atom. The molecule has 0 amide bonds. The highest BCUT2D eigenvalue weighted by Crippen LogP contribution is 2.36. The molecule has 1 aliphatic rings. The third kappa shape index (κ3) is 2.80. The van der Waals surface area contributed by atoms with E-state index in [-0.39, 0.29) is 0 Å². The summed E-state index contributed by atoms with van der Waals surface area (Å²) in [5.41, 5.74) is 2.17. The van der Waals surface area contributed by atoms with E-state index in [1.54, 1.807) is 0 Å². The van der Waals surface area contributed by atoms with Gasteiger partial charge in [-0.15, -0.1) is 0 Å². The molecule has 0 N–H and O–H groups in total. The summed E-state index contributed by atoms with van der Waals surface area (Å²) >= 11 is 6.61. The van der Waals surface area contributed by atoms with Crippen LogP contribution >= 0.6 is 11.6 Å². The topological polar surface area (TPSA) is 21.1 Å². The number of benzene rings is 2. The molecule has 4 heteroatoms. The minimum Gasteiger partial charge on any atom is -0.355 e. The maximum atomic E-state index is 6.61. The van der Waals surface area contributed by atoms with Crippen molar-refractivity contribution in [2.24, 2.45) is 0 Å². The van der Waals surface area contributed by atoms with Crippen LogP contribution in [0.25, 0.3) is 17.1 Å². The zero-order valence-electron chi connectivity index (χ0n) is 13.5. The first-order valence-corrected chi connectivity index (χ1v) is 8.86. The van der Waals surface area contributed by atoms with Gasteiger partial charge in [0.2, 0.25) is 0 Å². The number of hydrogen-bond acceptors (Lipinski definition) is 2. The van der Waals surface area contributed by atoms with Crippen LogP contribution in [0.3, 0.4) is 0 Å². The number of halogens is 1. The highest BCUT2D eigenvalue weighted by Gasteiger charge is 2.24. The Kier molecular flexibility index (Phi) is 4.26. The lowest BCUT2D eigenvalue weighted by Crippen LogP contribution is -2.31. The maximum Gasteiger partial charge on any atom is 0.172 e. The van der Waals surface area contributed by atoms with E-state index in [1.807, 2.05) is 24.3 Å². The summed E-state index contributed by atoms with van der Waals surface area (Å²) in [5, 5.41) is 0.583. The second kappa shape index (κ2) is 6.70. The predicted molar refractivity (Wildman–Crippen MR) is 100 cm³/mol. The van der Waals surface area contributed by atoms with Gasteiger partial charge in [0, 0.05) is 24.3 Å². The van der Waals surface area contributed by atoms with Crippen molar-refractivity contribution >= 4 is 17.4 Å². The molecule has 0 saturated carbocycles. The Hall–Kier alpha value is -2.26. The number of nitrogens with zero attached hydrogens (tertiary/aromatic N) is 3. The van der Waals surface area contributed by atoms with Crippen molar-refractivity contribution in [3.8, 4) is 17.1 Å². The number of piperidine rings is 1. The normalized spacial score (nSPS) is 14.8. The van der Waals surface area contributed by atoms with E-state index in [2.05, 4.69) is 45.9 Å². The van der Waals surface area contributed by atoms with Gasteiger partial charge in [0.1, 0.15) is 5.82 Å². The minimum absolute atomic E-state index is 0.583. The van der Waals surface area contributed by atoms with Crippen LogP contribution in [0.5, 0.6) is 0 Å². The highest BCUT2D eigenvalue weighted by molar-refractivity contribution is 6.32. The molecule has 1 saturated heterocycles. The number of imidazole rings is 1. The first-order chi connectivity index (χ1) is 11.8. The fraction of sp³-hybridized carbons (Fsp3) is 0.250. The Morgan fingerprint density at radius 1 is 0.792 bits per heavy atom. The van der Waals surface area contributed by atoms with Gasteiger partial charge < -0.3 is 4.90 Å². The minimum atomic E-state index is 0.583. The average molecular weight is 338 g/mol. The lowest BCUT2D eigenvalue weighted by Gasteiger charge is -2.29. The van der Waals surface area contributed by atoms with E-state index in [1.165, 1.54) is 19.3 Å². The Morgan fingerprint density at radius 3 is 2.08 bits per heavy atom. The fourth-order valence-corrected chi connectivity index (χ4v) is 3.65. The second-order valence-electron chi connectivity index (χ2n) is 6.13. The van der Waals surface area contributed by atoms with Gasteiger partial charge in [-0.05, 0) is 31.4 Å². The van der Waals surface area contributed by atoms with Crippen molar-refractivity contribution in [2.45, 2.75) is 19.3 Å². The fourth-order valence-electron chi connectivity index (χ4n) is 3.37. The van der Waals surface area contributed by atoms with Crippen molar-refractivity contribution in [1.29, 1.82) is 0 Å². The predicted octanol–water partition coefficient (Wildman–Crippen LogP) is 5.18. The quantitative estimate of drug-likeness (QED) is 0.656. The maximum absolute atomic E-state index is 6.61. The van der Waals surface area contributed by atoms with E-state index in [0.29, 0.717) is 5.15 Å². The van der Waals surface area contributed by atoms with E-state index in [0.717, 1.165) is 36.0 Å². The van der Waals surface area contributed by atoms with Gasteiger partial charge in [0.25, 0.3) is 0 Å². The van der Waals surface area contributed by atoms with E-state index < -0.39 is 0 Å². The molecule has 0 unspecified atom stereocenters. The SMILES string of the molecule is Clc1nc(-c2ccccc2)n(-c2ccccc2)c1N1CCCCC1. The van der Waals surface area contributed by atoms with Gasteiger partial charge >= 0.3 is 0 Å². The first-order valence-electron chi connectivity index (χ1n) is 8.48. The lowest BCUT2D eigenvalue weighted by atomic mass is 10.1. The van der Waals surface area contributed by atoms with E-state index >= 15 is 0 Å². The summed E-state index contributed by atoms with van der Waals surface area (Å²) in [4.78, 5) is 7.09. The molecule has 0 atom stereocenters. The van der Waals surface area contributed by atoms with Crippen molar-refractivity contribution in [3.63, 3.8) is 0 Å². The average Bonchev–Trinajstić information content (AvgIpc) is 3.01.